The molecule has 1 unspecified atom stereocenters. The van der Waals surface area contributed by atoms with Crippen LogP contribution in [0.1, 0.15) is 17.4 Å². The Balaban J connectivity index is 2.17. The van der Waals surface area contributed by atoms with Gasteiger partial charge in [0, 0.05) is 6.54 Å². The third-order valence-corrected chi connectivity index (χ3v) is 4.17. The molecule has 1 aromatic carbocycles. The number of carboxylic acids is 1. The van der Waals surface area contributed by atoms with E-state index in [9.17, 15) is 22.8 Å². The van der Waals surface area contributed by atoms with Gasteiger partial charge in [-0.15, -0.1) is 24.9 Å². The molecule has 1 atom stereocenters. The molecule has 1 aliphatic rings. The van der Waals surface area contributed by atoms with Gasteiger partial charge < -0.3 is 14.7 Å². The Morgan fingerprint density at radius 3 is 2.82 bits per heavy atom. The Bertz CT molecular complexity index is 579. The van der Waals surface area contributed by atoms with Gasteiger partial charge >= 0.3 is 12.3 Å². The zero-order chi connectivity index (χ0) is 16.3. The smallest absolute Gasteiger partial charge is 0.481 e. The lowest BCUT2D eigenvalue weighted by Crippen LogP contribution is -2.30. The lowest BCUT2D eigenvalue weighted by molar-refractivity contribution is -0.274. The van der Waals surface area contributed by atoms with Crippen LogP contribution in [0.5, 0.6) is 5.75 Å². The van der Waals surface area contributed by atoms with Crippen LogP contribution in [-0.2, 0) is 9.59 Å². The average molecular weight is 335 g/mol. The number of hydrogen-bond donors (Lipinski definition) is 1. The maximum absolute atomic E-state index is 12.2. The van der Waals surface area contributed by atoms with Gasteiger partial charge in [-0.2, -0.15) is 0 Å². The van der Waals surface area contributed by atoms with E-state index in [2.05, 4.69) is 4.74 Å². The molecule has 0 spiro atoms. The first kappa shape index (κ1) is 16.5. The minimum absolute atomic E-state index is 0.0101. The summed E-state index contributed by atoms with van der Waals surface area (Å²) in [4.78, 5) is 23.8. The summed E-state index contributed by atoms with van der Waals surface area (Å²) in [7, 11) is 0. The number of rotatable bonds is 5. The second-order valence-corrected chi connectivity index (χ2v) is 5.58. The van der Waals surface area contributed by atoms with Crippen molar-refractivity contribution in [1.29, 1.82) is 0 Å². The predicted molar refractivity (Wildman–Crippen MR) is 72.3 cm³/mol. The Labute approximate surface area is 128 Å². The molecule has 0 aromatic heterocycles. The molecule has 1 fully saturated rings. The van der Waals surface area contributed by atoms with Crippen molar-refractivity contribution in [3.8, 4) is 5.75 Å². The molecule has 1 aromatic rings. The lowest BCUT2D eigenvalue weighted by Gasteiger charge is -2.24. The highest BCUT2D eigenvalue weighted by Gasteiger charge is 2.34. The van der Waals surface area contributed by atoms with Gasteiger partial charge in [0.25, 0.3) is 0 Å². The standard InChI is InChI=1S/C13H12F3NO4S/c14-13(15,16)21-9-3-1-2-8(6-9)12-17(5-4-11(19)20)10(18)7-22-12/h1-3,6,12H,4-5,7H2,(H,19,20). The number of benzene rings is 1. The second-order valence-electron chi connectivity index (χ2n) is 4.51. The molecule has 2 rings (SSSR count). The van der Waals surface area contributed by atoms with Crippen molar-refractivity contribution in [2.75, 3.05) is 12.3 Å². The fraction of sp³-hybridized carbons (Fsp3) is 0.385. The average Bonchev–Trinajstić information content (AvgIpc) is 2.76. The monoisotopic (exact) mass is 335 g/mol. The van der Waals surface area contributed by atoms with E-state index in [0.717, 1.165) is 0 Å². The van der Waals surface area contributed by atoms with E-state index in [4.69, 9.17) is 5.11 Å². The zero-order valence-electron chi connectivity index (χ0n) is 11.2. The minimum Gasteiger partial charge on any atom is -0.481 e. The molecule has 0 aliphatic carbocycles. The molecular formula is C13H12F3NO4S. The first-order valence-electron chi connectivity index (χ1n) is 6.25. The molecule has 9 heteroatoms. The van der Waals surface area contributed by atoms with Crippen molar-refractivity contribution in [2.45, 2.75) is 18.2 Å². The van der Waals surface area contributed by atoms with E-state index in [1.807, 2.05) is 0 Å². The normalized spacial score (nSPS) is 18.6. The third-order valence-electron chi connectivity index (χ3n) is 2.91. The van der Waals surface area contributed by atoms with Gasteiger partial charge in [0.2, 0.25) is 5.91 Å². The Kier molecular flexibility index (Phi) is 4.84. The van der Waals surface area contributed by atoms with E-state index in [-0.39, 0.29) is 30.4 Å². The van der Waals surface area contributed by atoms with Crippen LogP contribution in [0.25, 0.3) is 0 Å². The summed E-state index contributed by atoms with van der Waals surface area (Å²) >= 11 is 1.24. The van der Waals surface area contributed by atoms with Gasteiger partial charge in [-0.3, -0.25) is 9.59 Å². The summed E-state index contributed by atoms with van der Waals surface area (Å²) in [5.74, 6) is -1.49. The second kappa shape index (κ2) is 6.47. The van der Waals surface area contributed by atoms with E-state index in [1.165, 1.54) is 34.9 Å². The molecule has 0 bridgehead atoms. The largest absolute Gasteiger partial charge is 0.573 e. The van der Waals surface area contributed by atoms with Gasteiger partial charge in [0.15, 0.2) is 0 Å². The summed E-state index contributed by atoms with van der Waals surface area (Å²) in [6, 6.07) is 5.35. The Hall–Kier alpha value is -1.90. The fourth-order valence-corrected chi connectivity index (χ4v) is 3.26. The van der Waals surface area contributed by atoms with E-state index in [0.29, 0.717) is 5.56 Å². The van der Waals surface area contributed by atoms with Crippen molar-refractivity contribution in [2.24, 2.45) is 0 Å². The van der Waals surface area contributed by atoms with Crippen LogP contribution in [0.15, 0.2) is 24.3 Å². The molecule has 120 valence electrons. The Morgan fingerprint density at radius 1 is 1.45 bits per heavy atom. The zero-order valence-corrected chi connectivity index (χ0v) is 12.0. The number of nitrogens with zero attached hydrogens (tertiary/aromatic N) is 1. The summed E-state index contributed by atoms with van der Waals surface area (Å²) in [6.45, 7) is 0.0101. The van der Waals surface area contributed by atoms with Gasteiger partial charge in [0.05, 0.1) is 12.2 Å². The number of carbonyl (C=O) groups is 2. The van der Waals surface area contributed by atoms with Crippen LogP contribution >= 0.6 is 11.8 Å². The number of aliphatic carboxylic acids is 1. The molecule has 1 heterocycles. The lowest BCUT2D eigenvalue weighted by atomic mass is 10.2. The van der Waals surface area contributed by atoms with Crippen molar-refractivity contribution in [3.05, 3.63) is 29.8 Å². The van der Waals surface area contributed by atoms with Crippen molar-refractivity contribution < 1.29 is 32.6 Å². The first-order valence-corrected chi connectivity index (χ1v) is 7.30. The van der Waals surface area contributed by atoms with Gasteiger partial charge in [-0.25, -0.2) is 0 Å². The third kappa shape index (κ3) is 4.30. The number of carbonyl (C=O) groups excluding carboxylic acids is 1. The SMILES string of the molecule is O=C(O)CCN1C(=O)CSC1c1cccc(OC(F)(F)F)c1. The van der Waals surface area contributed by atoms with Gasteiger partial charge in [-0.1, -0.05) is 12.1 Å². The molecule has 0 radical (unpaired) electrons. The molecule has 1 aliphatic heterocycles. The number of hydrogen-bond acceptors (Lipinski definition) is 4. The summed E-state index contributed by atoms with van der Waals surface area (Å²) in [6.07, 6.45) is -5.01. The van der Waals surface area contributed by atoms with Crippen LogP contribution in [0, 0.1) is 0 Å². The summed E-state index contributed by atoms with van der Waals surface area (Å²) in [5, 5.41) is 8.19. The summed E-state index contributed by atoms with van der Waals surface area (Å²) in [5.41, 5.74) is 0.461. The number of ether oxygens (including phenoxy) is 1. The van der Waals surface area contributed by atoms with E-state index < -0.39 is 17.7 Å². The van der Waals surface area contributed by atoms with Crippen molar-refractivity contribution in [1.82, 2.24) is 4.90 Å². The number of carboxylic acid groups (broad SMARTS) is 1. The van der Waals surface area contributed by atoms with Crippen LogP contribution in [0.4, 0.5) is 13.2 Å². The van der Waals surface area contributed by atoms with Gasteiger partial charge in [0.1, 0.15) is 11.1 Å². The minimum atomic E-state index is -4.79. The fourth-order valence-electron chi connectivity index (χ4n) is 2.05. The van der Waals surface area contributed by atoms with E-state index >= 15 is 0 Å². The van der Waals surface area contributed by atoms with Crippen molar-refractivity contribution in [3.63, 3.8) is 0 Å². The number of halogens is 3. The molecule has 5 nitrogen and oxygen atoms in total. The van der Waals surface area contributed by atoms with Crippen LogP contribution in [0.2, 0.25) is 0 Å². The van der Waals surface area contributed by atoms with Crippen molar-refractivity contribution >= 4 is 23.6 Å². The van der Waals surface area contributed by atoms with E-state index in [1.54, 1.807) is 6.07 Å². The maximum Gasteiger partial charge on any atom is 0.573 e. The first-order chi connectivity index (χ1) is 10.3. The van der Waals surface area contributed by atoms with Gasteiger partial charge in [-0.05, 0) is 17.7 Å². The molecule has 1 amide bonds. The highest BCUT2D eigenvalue weighted by Crippen LogP contribution is 2.40. The molecule has 22 heavy (non-hydrogen) atoms. The molecule has 1 N–H and O–H groups in total. The molecule has 1 saturated heterocycles. The maximum atomic E-state index is 12.2. The molecular weight excluding hydrogens is 323 g/mol. The van der Waals surface area contributed by atoms with Crippen LogP contribution in [-0.4, -0.2) is 40.5 Å². The topological polar surface area (TPSA) is 66.8 Å². The number of amides is 1. The van der Waals surface area contributed by atoms with Crippen LogP contribution in [0.3, 0.4) is 0 Å². The highest BCUT2D eigenvalue weighted by molar-refractivity contribution is 8.00. The molecule has 0 saturated carbocycles. The predicted octanol–water partition coefficient (Wildman–Crippen LogP) is 2.63. The quantitative estimate of drug-likeness (QED) is 0.896. The number of thioether (sulfide) groups is 1. The summed E-state index contributed by atoms with van der Waals surface area (Å²) < 4.78 is 40.6. The Morgan fingerprint density at radius 2 is 2.18 bits per heavy atom. The number of alkyl halides is 3. The van der Waals surface area contributed by atoms with Crippen LogP contribution < -0.4 is 4.74 Å². The highest BCUT2D eigenvalue weighted by atomic mass is 32.2.